The monoisotopic (exact) mass is 865 g/mol. The smallest absolute Gasteiger partial charge is 0.435 e. The quantitative estimate of drug-likeness (QED) is 0.0538. The summed E-state index contributed by atoms with van der Waals surface area (Å²) < 4.78 is 149. The number of likely N-dealkylation sites (N-methyl/N-ethyl adjacent to an activating group) is 1. The molecule has 4 unspecified atom stereocenters. The Kier molecular flexibility index (Phi) is 17.2. The fourth-order valence-corrected chi connectivity index (χ4v) is 10.9. The Balaban J connectivity index is 1.23. The summed E-state index contributed by atoms with van der Waals surface area (Å²) >= 11 is 0. The van der Waals surface area contributed by atoms with Crippen molar-refractivity contribution >= 4 is 14.7 Å². The molecule has 334 valence electrons. The third kappa shape index (κ3) is 11.2. The summed E-state index contributed by atoms with van der Waals surface area (Å²) in [5.41, 5.74) is -3.68. The number of rotatable bonds is 22. The van der Waals surface area contributed by atoms with Crippen LogP contribution in [0.5, 0.6) is 5.75 Å². The molecule has 0 spiro atoms. The van der Waals surface area contributed by atoms with Crippen LogP contribution in [-0.2, 0) is 24.9 Å². The molecule has 8 nitrogen and oxygen atoms in total. The van der Waals surface area contributed by atoms with Crippen molar-refractivity contribution in [2.24, 2.45) is 17.3 Å². The zero-order valence-corrected chi connectivity index (χ0v) is 35.3. The van der Waals surface area contributed by atoms with E-state index in [0.717, 1.165) is 57.1 Å². The zero-order valence-electron chi connectivity index (χ0n) is 34.4. The molecule has 4 rings (SSSR count). The maximum atomic E-state index is 13.2. The van der Waals surface area contributed by atoms with Gasteiger partial charge in [0.1, 0.15) is 5.75 Å². The number of fused-ring (bicyclic) bond motifs is 5. The van der Waals surface area contributed by atoms with Gasteiger partial charge in [-0.25, -0.2) is 4.67 Å². The van der Waals surface area contributed by atoms with Crippen molar-refractivity contribution in [3.8, 4) is 5.75 Å². The van der Waals surface area contributed by atoms with Crippen LogP contribution >= 0.6 is 8.53 Å². The first-order valence-corrected chi connectivity index (χ1v) is 21.4. The van der Waals surface area contributed by atoms with Crippen molar-refractivity contribution in [3.63, 3.8) is 0 Å². The van der Waals surface area contributed by atoms with Gasteiger partial charge >= 0.3 is 24.1 Å². The average Bonchev–Trinajstić information content (AvgIpc) is 3.45. The Bertz CT molecular complexity index is 1410. The third-order valence-corrected chi connectivity index (χ3v) is 14.2. The highest BCUT2D eigenvalue weighted by Crippen LogP contribution is 2.62. The number of alkyl halides is 9. The van der Waals surface area contributed by atoms with Crippen LogP contribution in [0.15, 0.2) is 18.2 Å². The molecule has 0 aromatic heterocycles. The molecule has 6 atom stereocenters. The first kappa shape index (κ1) is 48.9. The van der Waals surface area contributed by atoms with Crippen LogP contribution in [0.1, 0.15) is 103 Å². The van der Waals surface area contributed by atoms with Gasteiger partial charge in [0.05, 0.1) is 39.1 Å². The highest BCUT2D eigenvalue weighted by Gasteiger charge is 2.85. The molecule has 1 N–H and O–H groups in total. The fourth-order valence-electron chi connectivity index (χ4n) is 9.29. The van der Waals surface area contributed by atoms with E-state index in [2.05, 4.69) is 62.2 Å². The largest absolute Gasteiger partial charge is 0.494 e. The first-order valence-electron chi connectivity index (χ1n) is 20.3. The zero-order chi connectivity index (χ0) is 43.1. The lowest BCUT2D eigenvalue weighted by atomic mass is 9.55. The standard InChI is InChI=1S/C40H61F9N3O5P/c1-27(2)52(28(3)4)58(57-23-9-18-50)56-22-8-7-21-53-30-11-13-31-29(26-30)10-12-33-32(31)16-17-36(5)34(33)14-15-35(36)54-24-19-51(6)20-25-55-37(38(41,42)43,39(44,45)46)40(47,48)49/h11,13,18,26-28,32-35,50H,7-10,12,14-17,19-25H2,1-6H3/t32?,33?,34?,35-,36-,58?/m0/s1. The number of hydrogen-bond donors (Lipinski definition) is 1. The maximum absolute atomic E-state index is 13.2. The number of aryl methyl sites for hydroxylation is 1. The predicted octanol–water partition coefficient (Wildman–Crippen LogP) is 10.9. The van der Waals surface area contributed by atoms with Crippen LogP contribution in [-0.4, -0.2) is 111 Å². The first-order chi connectivity index (χ1) is 27.1. The number of nitrogens with zero attached hydrogens (tertiary/aromatic N) is 2. The topological polar surface area (TPSA) is 76.5 Å². The molecule has 0 heterocycles. The van der Waals surface area contributed by atoms with Crippen molar-refractivity contribution in [1.82, 2.24) is 9.57 Å². The molecule has 18 heteroatoms. The third-order valence-electron chi connectivity index (χ3n) is 12.1. The van der Waals surface area contributed by atoms with Crippen LogP contribution < -0.4 is 4.74 Å². The number of unbranched alkanes of at least 4 members (excludes halogenated alkanes) is 1. The van der Waals surface area contributed by atoms with Crippen molar-refractivity contribution in [3.05, 3.63) is 29.3 Å². The van der Waals surface area contributed by atoms with Gasteiger partial charge in [0, 0.05) is 31.6 Å². The summed E-state index contributed by atoms with van der Waals surface area (Å²) in [6, 6.07) is 6.97. The van der Waals surface area contributed by atoms with Gasteiger partial charge in [0.2, 0.25) is 0 Å². The second-order valence-corrected chi connectivity index (χ2v) is 18.1. The van der Waals surface area contributed by atoms with Crippen LogP contribution in [0.4, 0.5) is 39.5 Å². The lowest BCUT2D eigenvalue weighted by Crippen LogP contribution is -2.68. The molecule has 3 aliphatic rings. The number of halogens is 9. The minimum Gasteiger partial charge on any atom is -0.494 e. The van der Waals surface area contributed by atoms with Gasteiger partial charge in [0.25, 0.3) is 8.53 Å². The van der Waals surface area contributed by atoms with Gasteiger partial charge in [-0.2, -0.15) is 39.5 Å². The summed E-state index contributed by atoms with van der Waals surface area (Å²) in [5.74, 6) is 2.17. The summed E-state index contributed by atoms with van der Waals surface area (Å²) in [6.45, 7) is 10.5. The minimum absolute atomic E-state index is 0.0878. The van der Waals surface area contributed by atoms with Crippen molar-refractivity contribution < 1.29 is 62.8 Å². The van der Waals surface area contributed by atoms with Crippen LogP contribution in [0, 0.1) is 22.7 Å². The Morgan fingerprint density at radius 2 is 1.45 bits per heavy atom. The highest BCUT2D eigenvalue weighted by molar-refractivity contribution is 7.44. The van der Waals surface area contributed by atoms with E-state index in [1.807, 2.05) is 0 Å². The number of hydrogen-bond acceptors (Lipinski definition) is 8. The lowest BCUT2D eigenvalue weighted by Gasteiger charge is -2.50. The molecule has 58 heavy (non-hydrogen) atoms. The van der Waals surface area contributed by atoms with Gasteiger partial charge in [-0.3, -0.25) is 0 Å². The maximum Gasteiger partial charge on any atom is 0.435 e. The average molecular weight is 866 g/mol. The van der Waals surface area contributed by atoms with Gasteiger partial charge in [-0.1, -0.05) is 13.0 Å². The van der Waals surface area contributed by atoms with E-state index in [4.69, 9.17) is 23.9 Å². The van der Waals surface area contributed by atoms with Crippen molar-refractivity contribution in [2.75, 3.05) is 53.2 Å². The summed E-state index contributed by atoms with van der Waals surface area (Å²) in [7, 11) is 0.155. The molecule has 0 aliphatic heterocycles. The van der Waals surface area contributed by atoms with Crippen LogP contribution in [0.3, 0.4) is 0 Å². The number of benzene rings is 1. The van der Waals surface area contributed by atoms with Gasteiger partial charge in [-0.05, 0) is 139 Å². The fraction of sp³-hybridized carbons (Fsp3) is 0.825. The summed E-state index contributed by atoms with van der Waals surface area (Å²) in [5, 5.41) is 7.29. The molecule has 2 fully saturated rings. The normalized spacial score (nSPS) is 24.7. The molecule has 0 bridgehead atoms. The van der Waals surface area contributed by atoms with Gasteiger partial charge < -0.3 is 33.6 Å². The van der Waals surface area contributed by atoms with E-state index in [-0.39, 0.29) is 36.8 Å². The van der Waals surface area contributed by atoms with Gasteiger partial charge in [0.15, 0.2) is 0 Å². The predicted molar refractivity (Wildman–Crippen MR) is 204 cm³/mol. The molecular formula is C40H61F9N3O5P. The highest BCUT2D eigenvalue weighted by atomic mass is 31.2. The molecule has 1 aromatic carbocycles. The number of ether oxygens (including phenoxy) is 3. The SMILES string of the molecule is CC(C)N(C(C)C)P(OCCC=N)OCCCCOc1ccc2c(c1)CCC1C2CC[C@@]2(C)C1CC[C@@H]2OCCN(C)CCOC(C(F)(F)F)(C(F)(F)F)C(F)(F)F. The molecule has 0 radical (unpaired) electrons. The molecule has 1 aromatic rings. The van der Waals surface area contributed by atoms with E-state index in [1.165, 1.54) is 29.3 Å². The van der Waals surface area contributed by atoms with E-state index in [0.29, 0.717) is 44.0 Å². The molecule has 3 aliphatic carbocycles. The van der Waals surface area contributed by atoms with Crippen LogP contribution in [0.2, 0.25) is 0 Å². The molecule has 0 saturated heterocycles. The van der Waals surface area contributed by atoms with Crippen molar-refractivity contribution in [1.29, 1.82) is 5.41 Å². The van der Waals surface area contributed by atoms with Gasteiger partial charge in [-0.15, -0.1) is 0 Å². The van der Waals surface area contributed by atoms with E-state index >= 15 is 0 Å². The Labute approximate surface area is 338 Å². The Morgan fingerprint density at radius 1 is 0.828 bits per heavy atom. The Hall–Kier alpha value is -1.75. The second kappa shape index (κ2) is 20.4. The molecule has 0 amide bonds. The van der Waals surface area contributed by atoms with Crippen LogP contribution in [0.25, 0.3) is 0 Å². The summed E-state index contributed by atoms with van der Waals surface area (Å²) in [4.78, 5) is 1.30. The van der Waals surface area contributed by atoms with E-state index < -0.39 is 45.8 Å². The lowest BCUT2D eigenvalue weighted by molar-refractivity contribution is -0.457. The molecular weight excluding hydrogens is 804 g/mol. The second-order valence-electron chi connectivity index (χ2n) is 16.6. The number of nitrogens with one attached hydrogen (secondary N) is 1. The van der Waals surface area contributed by atoms with Crippen molar-refractivity contribution in [2.45, 2.75) is 141 Å². The Morgan fingerprint density at radius 3 is 2.07 bits per heavy atom. The summed E-state index contributed by atoms with van der Waals surface area (Å²) in [6.07, 6.45) is -11.1. The molecule has 2 saturated carbocycles. The minimum atomic E-state index is -6.75. The van der Waals surface area contributed by atoms with E-state index in [9.17, 15) is 39.5 Å². The van der Waals surface area contributed by atoms with E-state index in [1.54, 1.807) is 0 Å².